The number of carbonyl (C=O) groups excluding carboxylic acids is 2. The van der Waals surface area contributed by atoms with Crippen molar-refractivity contribution in [3.63, 3.8) is 0 Å². The molecule has 542 valence electrons. The Kier molecular flexibility index (Phi) is 70.1. The van der Waals surface area contributed by atoms with Gasteiger partial charge in [0.25, 0.3) is 0 Å². The number of allylic oxidation sites excluding steroid dienone is 32. The second-order valence-corrected chi connectivity index (χ2v) is 27.4. The predicted molar refractivity (Wildman–Crippen MR) is 417 cm³/mol. The summed E-state index contributed by atoms with van der Waals surface area (Å²) in [6.07, 6.45) is 115. The van der Waals surface area contributed by atoms with Gasteiger partial charge in [-0.3, -0.25) is 18.6 Å². The Morgan fingerprint density at radius 1 is 0.323 bits per heavy atom. The molecule has 0 bridgehead atoms. The maximum atomic E-state index is 12.9. The highest BCUT2D eigenvalue weighted by atomic mass is 31.2. The van der Waals surface area contributed by atoms with Gasteiger partial charge in [-0.1, -0.05) is 324 Å². The van der Waals surface area contributed by atoms with Crippen LogP contribution in [0.3, 0.4) is 0 Å². The lowest BCUT2D eigenvalue weighted by molar-refractivity contribution is -0.870. The van der Waals surface area contributed by atoms with Crippen LogP contribution in [0, 0.1) is 0 Å². The van der Waals surface area contributed by atoms with E-state index in [1.54, 1.807) is 0 Å². The summed E-state index contributed by atoms with van der Waals surface area (Å²) in [5, 5.41) is 0. The maximum Gasteiger partial charge on any atom is 0.472 e. The summed E-state index contributed by atoms with van der Waals surface area (Å²) in [5.41, 5.74) is 0. The fourth-order valence-corrected chi connectivity index (χ4v) is 10.6. The van der Waals surface area contributed by atoms with E-state index in [1.165, 1.54) is 103 Å². The Hall–Kier alpha value is -5.15. The molecule has 1 N–H and O–H groups in total. The van der Waals surface area contributed by atoms with Crippen molar-refractivity contribution in [2.45, 2.75) is 290 Å². The fourth-order valence-electron chi connectivity index (χ4n) is 9.87. The molecule has 0 amide bonds. The smallest absolute Gasteiger partial charge is 0.462 e. The number of ether oxygens (including phenoxy) is 2. The average molecular weight is 1350 g/mol. The molecule has 9 nitrogen and oxygen atoms in total. The van der Waals surface area contributed by atoms with Crippen LogP contribution in [0.4, 0.5) is 0 Å². The van der Waals surface area contributed by atoms with Gasteiger partial charge in [-0.15, -0.1) is 0 Å². The Bertz CT molecular complexity index is 2330. The van der Waals surface area contributed by atoms with Crippen LogP contribution in [0.2, 0.25) is 0 Å². The van der Waals surface area contributed by atoms with E-state index < -0.39 is 26.5 Å². The van der Waals surface area contributed by atoms with Crippen molar-refractivity contribution in [1.82, 2.24) is 0 Å². The second kappa shape index (κ2) is 74.1. The number of quaternary nitrogens is 1. The number of hydrogen-bond acceptors (Lipinski definition) is 7. The SMILES string of the molecule is CC/C=C\C/C=C\C/C=C\C/C=C\C/C=C\C/C=C\C/C=C\C/C=C\C/C=C\CCCCCCCCCC(=O)OC(COC(=O)CCCCCCCCCCCCCCCCC/C=C\C/C=C\C/C=C\C/C=C\C/C=C\C/C=C\C/C=C\CC)COP(=O)(O)OCC[N+](C)(C)C. The van der Waals surface area contributed by atoms with Gasteiger partial charge in [0.15, 0.2) is 6.10 Å². The molecule has 0 aromatic rings. The highest BCUT2D eigenvalue weighted by Gasteiger charge is 2.27. The number of hydrogen-bond donors (Lipinski definition) is 1. The van der Waals surface area contributed by atoms with E-state index in [0.29, 0.717) is 17.4 Å². The zero-order chi connectivity index (χ0) is 69.7. The molecule has 0 aliphatic carbocycles. The quantitative estimate of drug-likeness (QED) is 0.0211. The van der Waals surface area contributed by atoms with E-state index in [4.69, 9.17) is 18.5 Å². The summed E-state index contributed by atoms with van der Waals surface area (Å²) >= 11 is 0. The normalized spacial score (nSPS) is 14.2. The number of esters is 2. The van der Waals surface area contributed by atoms with Gasteiger partial charge in [-0.25, -0.2) is 4.57 Å². The monoisotopic (exact) mass is 1350 g/mol. The molecule has 0 saturated heterocycles. The summed E-state index contributed by atoms with van der Waals surface area (Å²) in [7, 11) is 1.45. The Balaban J connectivity index is 4.10. The number of carbonyl (C=O) groups is 2. The molecule has 0 aliphatic rings. The first kappa shape index (κ1) is 90.8. The van der Waals surface area contributed by atoms with Crippen LogP contribution in [-0.4, -0.2) is 74.9 Å². The Morgan fingerprint density at radius 2 is 0.562 bits per heavy atom. The minimum absolute atomic E-state index is 0.0202. The van der Waals surface area contributed by atoms with Crippen molar-refractivity contribution in [2.24, 2.45) is 0 Å². The zero-order valence-corrected chi connectivity index (χ0v) is 62.7. The van der Waals surface area contributed by atoms with Crippen LogP contribution in [0.15, 0.2) is 194 Å². The van der Waals surface area contributed by atoms with Crippen molar-refractivity contribution >= 4 is 19.8 Å². The van der Waals surface area contributed by atoms with Gasteiger partial charge in [-0.05, 0) is 141 Å². The number of phosphoric ester groups is 1. The molecule has 2 unspecified atom stereocenters. The lowest BCUT2D eigenvalue weighted by Crippen LogP contribution is -2.37. The van der Waals surface area contributed by atoms with E-state index in [1.807, 2.05) is 21.1 Å². The standard InChI is InChI=1S/C86H140NO8P/c1-6-8-10-12-14-16-18-20-22-24-26-28-30-32-34-36-38-40-42-43-45-46-48-50-52-54-56-58-60-62-64-66-68-70-72-74-76-78-85(88)92-82-84(83-94-96(90,91)93-81-80-87(3,4)5)95-86(89)79-77-75-73-71-69-67-65-63-61-59-57-55-53-51-49-47-44-41-39-37-35-33-31-29-27-25-23-21-19-17-15-13-11-9-7-2/h8-11,14-17,20-23,26-29,32-35,38-41,43,45,47,49,53,55,59,61,84H,6-7,12-13,18-19,24-25,30-31,36-37,42,44,46,48,50-52,54,56-58,60,62-83H2,1-5H3/p+1/b10-8-,11-9-,16-14-,17-15-,22-20-,23-21-,28-26-,29-27-,34-32-,35-33-,40-38-,41-39-,45-43-,49-47-,55-53-,61-59-. The van der Waals surface area contributed by atoms with Crippen LogP contribution in [0.5, 0.6) is 0 Å². The highest BCUT2D eigenvalue weighted by Crippen LogP contribution is 2.43. The van der Waals surface area contributed by atoms with Crippen molar-refractivity contribution in [3.05, 3.63) is 194 Å². The molecule has 0 aromatic heterocycles. The van der Waals surface area contributed by atoms with Crippen molar-refractivity contribution in [1.29, 1.82) is 0 Å². The minimum atomic E-state index is -4.41. The fraction of sp³-hybridized carbons (Fsp3) is 0.605. The number of nitrogens with zero attached hydrogens (tertiary/aromatic N) is 1. The van der Waals surface area contributed by atoms with E-state index in [9.17, 15) is 19.0 Å². The summed E-state index contributed by atoms with van der Waals surface area (Å²) in [6.45, 7) is 4.18. The third kappa shape index (κ3) is 77.9. The van der Waals surface area contributed by atoms with E-state index in [0.717, 1.165) is 148 Å². The molecule has 96 heavy (non-hydrogen) atoms. The Morgan fingerprint density at radius 3 is 0.833 bits per heavy atom. The largest absolute Gasteiger partial charge is 0.472 e. The summed E-state index contributed by atoms with van der Waals surface area (Å²) in [5.74, 6) is -0.818. The van der Waals surface area contributed by atoms with Crippen LogP contribution in [0.25, 0.3) is 0 Å². The van der Waals surface area contributed by atoms with Crippen molar-refractivity contribution < 1.29 is 42.1 Å². The molecule has 0 rings (SSSR count). The van der Waals surface area contributed by atoms with E-state index >= 15 is 0 Å². The zero-order valence-electron chi connectivity index (χ0n) is 61.8. The topological polar surface area (TPSA) is 108 Å². The number of unbranched alkanes of at least 4 members (excludes halogenated alkanes) is 22. The highest BCUT2D eigenvalue weighted by molar-refractivity contribution is 7.47. The van der Waals surface area contributed by atoms with Crippen molar-refractivity contribution in [2.75, 3.05) is 47.5 Å². The van der Waals surface area contributed by atoms with Gasteiger partial charge < -0.3 is 18.9 Å². The third-order valence-electron chi connectivity index (χ3n) is 15.6. The molecule has 0 aromatic carbocycles. The first-order valence-electron chi connectivity index (χ1n) is 38.2. The number of rotatable bonds is 68. The first-order chi connectivity index (χ1) is 47.0. The summed E-state index contributed by atoms with van der Waals surface area (Å²) < 4.78 is 34.8. The molecular weight excluding hydrogens is 1210 g/mol. The van der Waals surface area contributed by atoms with E-state index in [2.05, 4.69) is 208 Å². The van der Waals surface area contributed by atoms with Crippen LogP contribution in [-0.2, 0) is 32.7 Å². The summed E-state index contributed by atoms with van der Waals surface area (Å²) in [4.78, 5) is 36.0. The maximum absolute atomic E-state index is 12.9. The number of likely N-dealkylation sites (N-methyl/N-ethyl adjacent to an activating group) is 1. The number of phosphoric acid groups is 1. The molecule has 0 spiro atoms. The minimum Gasteiger partial charge on any atom is -0.462 e. The first-order valence-corrected chi connectivity index (χ1v) is 39.7. The van der Waals surface area contributed by atoms with Crippen molar-refractivity contribution in [3.8, 4) is 0 Å². The third-order valence-corrected chi connectivity index (χ3v) is 16.6. The molecule has 0 aliphatic heterocycles. The van der Waals surface area contributed by atoms with Gasteiger partial charge in [0.2, 0.25) is 0 Å². The molecule has 0 saturated carbocycles. The van der Waals surface area contributed by atoms with Gasteiger partial charge in [0, 0.05) is 12.8 Å². The van der Waals surface area contributed by atoms with Crippen LogP contribution < -0.4 is 0 Å². The van der Waals surface area contributed by atoms with Gasteiger partial charge >= 0.3 is 19.8 Å². The molecule has 0 heterocycles. The summed E-state index contributed by atoms with van der Waals surface area (Å²) in [6, 6.07) is 0. The van der Waals surface area contributed by atoms with E-state index in [-0.39, 0.29) is 32.0 Å². The predicted octanol–water partition coefficient (Wildman–Crippen LogP) is 25.6. The molecular formula is C86H141NO8P+. The Labute approximate surface area is 590 Å². The molecule has 0 fully saturated rings. The second-order valence-electron chi connectivity index (χ2n) is 25.9. The van der Waals surface area contributed by atoms with Crippen LogP contribution in [0.1, 0.15) is 284 Å². The van der Waals surface area contributed by atoms with Crippen LogP contribution >= 0.6 is 7.82 Å². The lowest BCUT2D eigenvalue weighted by Gasteiger charge is -2.24. The molecule has 10 heteroatoms. The molecule has 0 radical (unpaired) electrons. The molecule has 2 atom stereocenters. The van der Waals surface area contributed by atoms with Gasteiger partial charge in [0.05, 0.1) is 27.7 Å². The average Bonchev–Trinajstić information content (AvgIpc) is 2.74. The van der Waals surface area contributed by atoms with Gasteiger partial charge in [-0.2, -0.15) is 0 Å². The van der Waals surface area contributed by atoms with Gasteiger partial charge in [0.1, 0.15) is 19.8 Å². The lowest BCUT2D eigenvalue weighted by atomic mass is 10.0.